The monoisotopic (exact) mass is 440 g/mol. The van der Waals surface area contributed by atoms with Gasteiger partial charge in [-0.3, -0.25) is 14.4 Å². The summed E-state index contributed by atoms with van der Waals surface area (Å²) in [5.74, 6) is -1.96. The third-order valence-electron chi connectivity index (χ3n) is 6.79. The van der Waals surface area contributed by atoms with Gasteiger partial charge in [-0.25, -0.2) is 4.90 Å². The summed E-state index contributed by atoms with van der Waals surface area (Å²) >= 11 is 1.37. The normalized spacial score (nSPS) is 25.7. The molecular weight excluding hydrogens is 420 g/mol. The van der Waals surface area contributed by atoms with Gasteiger partial charge in [0.2, 0.25) is 11.8 Å². The highest BCUT2D eigenvalue weighted by atomic mass is 32.1. The second-order valence-corrected chi connectivity index (χ2v) is 9.47. The summed E-state index contributed by atoms with van der Waals surface area (Å²) in [6, 6.07) is 17.9. The fourth-order valence-electron chi connectivity index (χ4n) is 5.37. The maximum Gasteiger partial charge on any atom is 0.240 e. The number of rotatable bonds is 3. The lowest BCUT2D eigenvalue weighted by Gasteiger charge is -2.35. The summed E-state index contributed by atoms with van der Waals surface area (Å²) in [6.45, 7) is 1.96. The molecule has 2 saturated heterocycles. The number of hydrogen-bond acceptors (Lipinski definition) is 5. The molecule has 5 nitrogen and oxygen atoms in total. The fraction of sp³-hybridized carbons (Fsp3) is 0.192. The Morgan fingerprint density at radius 1 is 0.906 bits per heavy atom. The highest BCUT2D eigenvalue weighted by Crippen LogP contribution is 2.53. The van der Waals surface area contributed by atoms with Gasteiger partial charge in [0.05, 0.1) is 28.4 Å². The molecule has 32 heavy (non-hydrogen) atoms. The van der Waals surface area contributed by atoms with E-state index >= 15 is 0 Å². The van der Waals surface area contributed by atoms with Crippen LogP contribution in [0.25, 0.3) is 6.08 Å². The number of fused-ring (bicyclic) bond motifs is 5. The molecule has 4 atom stereocenters. The smallest absolute Gasteiger partial charge is 0.240 e. The molecule has 0 radical (unpaired) electrons. The summed E-state index contributed by atoms with van der Waals surface area (Å²) in [7, 11) is 0. The number of hydrogen-bond donors (Lipinski definition) is 0. The van der Waals surface area contributed by atoms with E-state index in [2.05, 4.69) is 0 Å². The average molecular weight is 441 g/mol. The molecule has 158 valence electrons. The van der Waals surface area contributed by atoms with Crippen LogP contribution in [0.4, 0.5) is 5.69 Å². The summed E-state index contributed by atoms with van der Waals surface area (Å²) in [4.78, 5) is 44.9. The third-order valence-corrected chi connectivity index (χ3v) is 7.67. The minimum absolute atomic E-state index is 0.103. The molecule has 6 rings (SSSR count). The van der Waals surface area contributed by atoms with Crippen LogP contribution >= 0.6 is 11.3 Å². The fourth-order valence-corrected chi connectivity index (χ4v) is 6.07. The maximum atomic E-state index is 13.7. The van der Waals surface area contributed by atoms with Crippen molar-refractivity contribution >= 4 is 40.7 Å². The SMILES string of the molecule is Cc1ccc(N2C(=O)[C@@H]3[C@H](C2=O)C2c4ccccc4C=CN2[C@@H]3C(=O)c2cccs2)cc1. The van der Waals surface area contributed by atoms with E-state index in [0.29, 0.717) is 10.6 Å². The number of thiophene rings is 1. The zero-order valence-corrected chi connectivity index (χ0v) is 18.2. The molecule has 0 saturated carbocycles. The summed E-state index contributed by atoms with van der Waals surface area (Å²) in [5, 5.41) is 1.86. The minimum Gasteiger partial charge on any atom is -0.358 e. The van der Waals surface area contributed by atoms with E-state index < -0.39 is 17.9 Å². The molecule has 0 spiro atoms. The Hall–Kier alpha value is -3.51. The van der Waals surface area contributed by atoms with Crippen LogP contribution in [0.15, 0.2) is 72.2 Å². The van der Waals surface area contributed by atoms with Crippen LogP contribution in [0.2, 0.25) is 0 Å². The van der Waals surface area contributed by atoms with Crippen molar-refractivity contribution in [1.29, 1.82) is 0 Å². The van der Waals surface area contributed by atoms with Crippen molar-refractivity contribution in [2.24, 2.45) is 11.8 Å². The molecule has 2 amide bonds. The van der Waals surface area contributed by atoms with Gasteiger partial charge >= 0.3 is 0 Å². The average Bonchev–Trinajstić information content (AvgIpc) is 3.51. The topological polar surface area (TPSA) is 57.7 Å². The van der Waals surface area contributed by atoms with Crippen LogP contribution in [-0.4, -0.2) is 28.5 Å². The number of carbonyl (C=O) groups excluding carboxylic acids is 3. The van der Waals surface area contributed by atoms with E-state index in [0.717, 1.165) is 16.7 Å². The number of ketones is 1. The Morgan fingerprint density at radius 3 is 2.41 bits per heavy atom. The summed E-state index contributed by atoms with van der Waals surface area (Å²) in [6.07, 6.45) is 3.85. The molecule has 3 aliphatic rings. The first-order valence-electron chi connectivity index (χ1n) is 10.6. The molecule has 3 aromatic rings. The van der Waals surface area contributed by atoms with Crippen molar-refractivity contribution < 1.29 is 14.4 Å². The highest BCUT2D eigenvalue weighted by Gasteiger charge is 2.64. The lowest BCUT2D eigenvalue weighted by molar-refractivity contribution is -0.123. The van der Waals surface area contributed by atoms with Crippen molar-refractivity contribution in [1.82, 2.24) is 4.90 Å². The predicted molar refractivity (Wildman–Crippen MR) is 123 cm³/mol. The molecule has 0 aliphatic carbocycles. The van der Waals surface area contributed by atoms with Gasteiger partial charge in [-0.1, -0.05) is 48.0 Å². The van der Waals surface area contributed by atoms with E-state index in [1.807, 2.05) is 71.9 Å². The lowest BCUT2D eigenvalue weighted by atomic mass is 9.84. The van der Waals surface area contributed by atoms with Crippen molar-refractivity contribution in [2.45, 2.75) is 19.0 Å². The number of aryl methyl sites for hydroxylation is 1. The minimum atomic E-state index is -0.723. The molecule has 4 heterocycles. The number of nitrogens with zero attached hydrogens (tertiary/aromatic N) is 2. The molecule has 1 unspecified atom stereocenters. The highest BCUT2D eigenvalue weighted by molar-refractivity contribution is 7.12. The molecular formula is C26H20N2O3S. The van der Waals surface area contributed by atoms with Gasteiger partial charge in [-0.2, -0.15) is 0 Å². The number of amides is 2. The molecule has 2 fully saturated rings. The van der Waals surface area contributed by atoms with Crippen LogP contribution in [0.1, 0.15) is 32.4 Å². The maximum absolute atomic E-state index is 13.7. The van der Waals surface area contributed by atoms with Crippen LogP contribution in [0.5, 0.6) is 0 Å². The van der Waals surface area contributed by atoms with Crippen LogP contribution in [0, 0.1) is 18.8 Å². The van der Waals surface area contributed by atoms with Crippen LogP contribution < -0.4 is 4.90 Å². The van der Waals surface area contributed by atoms with Gasteiger partial charge in [0, 0.05) is 6.20 Å². The zero-order chi connectivity index (χ0) is 22.0. The Bertz CT molecular complexity index is 1280. The molecule has 1 aromatic heterocycles. The molecule has 0 N–H and O–H groups in total. The Morgan fingerprint density at radius 2 is 1.66 bits per heavy atom. The van der Waals surface area contributed by atoms with Gasteiger partial charge in [-0.15, -0.1) is 11.3 Å². The van der Waals surface area contributed by atoms with Gasteiger partial charge in [0.1, 0.15) is 6.04 Å². The van der Waals surface area contributed by atoms with Gasteiger partial charge in [0.15, 0.2) is 5.78 Å². The first-order chi connectivity index (χ1) is 15.6. The van der Waals surface area contributed by atoms with Crippen LogP contribution in [0.3, 0.4) is 0 Å². The number of imide groups is 1. The van der Waals surface area contributed by atoms with Gasteiger partial charge in [-0.05, 0) is 47.7 Å². The Kier molecular flexibility index (Phi) is 4.20. The van der Waals surface area contributed by atoms with E-state index in [1.54, 1.807) is 18.2 Å². The van der Waals surface area contributed by atoms with E-state index in [1.165, 1.54) is 16.2 Å². The number of carbonyl (C=O) groups is 3. The van der Waals surface area contributed by atoms with E-state index in [-0.39, 0.29) is 23.6 Å². The Labute approximate surface area is 189 Å². The number of Topliss-reactive ketones (excluding diaryl/α,β-unsaturated/α-hetero) is 1. The third kappa shape index (κ3) is 2.59. The molecule has 3 aliphatic heterocycles. The largest absolute Gasteiger partial charge is 0.358 e. The van der Waals surface area contributed by atoms with Gasteiger partial charge < -0.3 is 4.90 Å². The molecule has 6 heteroatoms. The number of anilines is 1. The van der Waals surface area contributed by atoms with Crippen molar-refractivity contribution in [3.63, 3.8) is 0 Å². The van der Waals surface area contributed by atoms with Crippen molar-refractivity contribution in [3.8, 4) is 0 Å². The van der Waals surface area contributed by atoms with Crippen LogP contribution in [-0.2, 0) is 9.59 Å². The summed E-state index contributed by atoms with van der Waals surface area (Å²) < 4.78 is 0. The Balaban J connectivity index is 1.50. The summed E-state index contributed by atoms with van der Waals surface area (Å²) in [5.41, 5.74) is 3.62. The lowest BCUT2D eigenvalue weighted by Crippen LogP contribution is -2.44. The predicted octanol–water partition coefficient (Wildman–Crippen LogP) is 4.45. The first kappa shape index (κ1) is 19.2. The van der Waals surface area contributed by atoms with Crippen molar-refractivity contribution in [2.75, 3.05) is 4.90 Å². The van der Waals surface area contributed by atoms with E-state index in [4.69, 9.17) is 0 Å². The number of benzene rings is 2. The quantitative estimate of drug-likeness (QED) is 0.446. The molecule has 0 bridgehead atoms. The second kappa shape index (κ2) is 7.00. The zero-order valence-electron chi connectivity index (χ0n) is 17.3. The first-order valence-corrected chi connectivity index (χ1v) is 11.5. The van der Waals surface area contributed by atoms with Crippen molar-refractivity contribution in [3.05, 3.63) is 93.8 Å². The van der Waals surface area contributed by atoms with Gasteiger partial charge in [0.25, 0.3) is 0 Å². The standard InChI is InChI=1S/C26H20N2O3S/c1-15-8-10-17(11-9-15)28-25(30)20-21(26(28)31)23(24(29)19-7-4-14-32-19)27-13-12-16-5-2-3-6-18(16)22(20)27/h2-14,20-23H,1H3/t20-,21+,22?,23-/m0/s1. The van der Waals surface area contributed by atoms with E-state index in [9.17, 15) is 14.4 Å². The molecule has 2 aromatic carbocycles. The second-order valence-electron chi connectivity index (χ2n) is 8.52.